The van der Waals surface area contributed by atoms with Gasteiger partial charge in [-0.05, 0) is 25.8 Å². The minimum absolute atomic E-state index is 0. The van der Waals surface area contributed by atoms with Crippen LogP contribution in [0.15, 0.2) is 18.2 Å². The predicted molar refractivity (Wildman–Crippen MR) is 151 cm³/mol. The predicted octanol–water partition coefficient (Wildman–Crippen LogP) is 2.48. The van der Waals surface area contributed by atoms with Crippen LogP contribution in [0.5, 0.6) is 17.2 Å². The molecule has 2 aromatic carbocycles. The number of aromatic hydroxyl groups is 2. The minimum Gasteiger partial charge on any atom is -0.507 e. The first-order valence-corrected chi connectivity index (χ1v) is 13.7. The molecule has 1 saturated heterocycles. The van der Waals surface area contributed by atoms with Gasteiger partial charge in [-0.3, -0.25) is 14.4 Å². The zero-order valence-electron chi connectivity index (χ0n) is 23.7. The van der Waals surface area contributed by atoms with Crippen molar-refractivity contribution in [3.05, 3.63) is 51.6 Å². The van der Waals surface area contributed by atoms with Gasteiger partial charge in [0.25, 0.3) is 0 Å². The first-order valence-electron chi connectivity index (χ1n) is 13.7. The summed E-state index contributed by atoms with van der Waals surface area (Å²) in [5.41, 5.74) is 3.07. The molecule has 1 heterocycles. The number of rotatable bonds is 6. The SMILES string of the molecule is CC(=O)[C@]1(O)Cc2c(O)c3c(c(O)c2[C@@H](OC2CC(N)C(O)C(C)O2)C1)C(=O)c1c(OCC(C)C)cccc1C3=O.Cl. The van der Waals surface area contributed by atoms with Crippen molar-refractivity contribution < 1.29 is 49.0 Å². The summed E-state index contributed by atoms with van der Waals surface area (Å²) in [6.07, 6.45) is -4.55. The van der Waals surface area contributed by atoms with Gasteiger partial charge in [0.15, 0.2) is 17.9 Å². The molecule has 12 heteroatoms. The number of Topliss-reactive ketones (excluding diaryl/α,β-unsaturated/α-hetero) is 1. The molecule has 42 heavy (non-hydrogen) atoms. The number of phenols is 2. The summed E-state index contributed by atoms with van der Waals surface area (Å²) in [4.78, 5) is 40.2. The largest absolute Gasteiger partial charge is 0.507 e. The minimum atomic E-state index is -2.00. The normalized spacial score (nSPS) is 28.4. The molecule has 2 aliphatic carbocycles. The molecule has 0 amide bonds. The molecule has 1 fully saturated rings. The Labute approximate surface area is 249 Å². The molecule has 1 aliphatic heterocycles. The van der Waals surface area contributed by atoms with Crippen molar-refractivity contribution in [1.82, 2.24) is 0 Å². The maximum Gasteiger partial charge on any atom is 0.202 e. The number of carbonyl (C=O) groups excluding carboxylic acids is 3. The first kappa shape index (κ1) is 31.9. The smallest absolute Gasteiger partial charge is 0.202 e. The van der Waals surface area contributed by atoms with E-state index in [1.54, 1.807) is 19.1 Å². The Morgan fingerprint density at radius 1 is 1.14 bits per heavy atom. The molecule has 5 rings (SSSR count). The van der Waals surface area contributed by atoms with Crippen LogP contribution in [0.1, 0.15) is 89.6 Å². The number of aliphatic hydroxyl groups excluding tert-OH is 1. The quantitative estimate of drug-likeness (QED) is 0.260. The fraction of sp³-hybridized carbons (Fsp3) is 0.500. The number of ketones is 3. The Kier molecular flexibility index (Phi) is 8.77. The second kappa shape index (κ2) is 11.6. The summed E-state index contributed by atoms with van der Waals surface area (Å²) in [5.74, 6) is -2.95. The highest BCUT2D eigenvalue weighted by atomic mass is 35.5. The molecular weight excluding hydrogens is 570 g/mol. The summed E-state index contributed by atoms with van der Waals surface area (Å²) in [5, 5.41) is 44.5. The molecule has 0 aromatic heterocycles. The van der Waals surface area contributed by atoms with Gasteiger partial charge < -0.3 is 40.4 Å². The van der Waals surface area contributed by atoms with Crippen molar-refractivity contribution in [3.63, 3.8) is 0 Å². The highest BCUT2D eigenvalue weighted by molar-refractivity contribution is 6.31. The Bertz CT molecular complexity index is 1430. The van der Waals surface area contributed by atoms with Gasteiger partial charge in [-0.15, -0.1) is 12.4 Å². The number of phenolic OH excluding ortho intramolecular Hbond substituents is 2. The van der Waals surface area contributed by atoms with Gasteiger partial charge in [0.2, 0.25) is 5.78 Å². The molecule has 6 atom stereocenters. The van der Waals surface area contributed by atoms with Gasteiger partial charge in [0.1, 0.15) is 22.8 Å². The van der Waals surface area contributed by atoms with Gasteiger partial charge in [0, 0.05) is 42.0 Å². The molecule has 4 unspecified atom stereocenters. The van der Waals surface area contributed by atoms with Gasteiger partial charge in [0.05, 0.1) is 41.6 Å². The summed E-state index contributed by atoms with van der Waals surface area (Å²) >= 11 is 0. The highest BCUT2D eigenvalue weighted by Gasteiger charge is 2.49. The lowest BCUT2D eigenvalue weighted by Gasteiger charge is -2.42. The van der Waals surface area contributed by atoms with E-state index in [1.807, 2.05) is 13.8 Å². The van der Waals surface area contributed by atoms with Crippen molar-refractivity contribution in [3.8, 4) is 17.2 Å². The van der Waals surface area contributed by atoms with E-state index in [4.69, 9.17) is 19.9 Å². The van der Waals surface area contributed by atoms with E-state index in [0.29, 0.717) is 0 Å². The van der Waals surface area contributed by atoms with Crippen LogP contribution in [0.25, 0.3) is 0 Å². The van der Waals surface area contributed by atoms with Crippen LogP contribution in [0.2, 0.25) is 0 Å². The number of halogens is 1. The number of ether oxygens (including phenoxy) is 3. The Hall–Kier alpha value is -3.06. The number of carbonyl (C=O) groups is 3. The van der Waals surface area contributed by atoms with E-state index in [2.05, 4.69) is 0 Å². The number of fused-ring (bicyclic) bond motifs is 3. The molecule has 0 bridgehead atoms. The Morgan fingerprint density at radius 2 is 1.81 bits per heavy atom. The van der Waals surface area contributed by atoms with Gasteiger partial charge in [-0.1, -0.05) is 26.0 Å². The number of hydrogen-bond donors (Lipinski definition) is 5. The standard InChI is InChI=1S/C30H35NO10.ClH/c1-12(2)11-39-18-7-5-6-15-21(18)28(36)24-23(26(15)34)27(35)16-9-30(38,14(4)32)10-19(22(16)29(24)37)41-20-8-17(31)25(33)13(3)40-20;/h5-7,12-13,17,19-20,25,33,35,37-38H,8-11,31H2,1-4H3;1H/t13?,17?,19-,20?,25?,30-;/m0./s1. The van der Waals surface area contributed by atoms with Crippen LogP contribution in [0.3, 0.4) is 0 Å². The topological polar surface area (TPSA) is 186 Å². The summed E-state index contributed by atoms with van der Waals surface area (Å²) < 4.78 is 17.7. The van der Waals surface area contributed by atoms with Crippen LogP contribution >= 0.6 is 12.4 Å². The van der Waals surface area contributed by atoms with E-state index in [0.717, 1.165) is 0 Å². The van der Waals surface area contributed by atoms with E-state index in [-0.39, 0.29) is 65.8 Å². The van der Waals surface area contributed by atoms with Crippen molar-refractivity contribution >= 4 is 29.8 Å². The van der Waals surface area contributed by atoms with Crippen molar-refractivity contribution in [2.75, 3.05) is 6.61 Å². The van der Waals surface area contributed by atoms with Gasteiger partial charge in [-0.25, -0.2) is 0 Å². The van der Waals surface area contributed by atoms with Crippen molar-refractivity contribution in [2.24, 2.45) is 11.7 Å². The van der Waals surface area contributed by atoms with Crippen LogP contribution < -0.4 is 10.5 Å². The maximum atomic E-state index is 13.9. The lowest BCUT2D eigenvalue weighted by Crippen LogP contribution is -2.52. The fourth-order valence-electron chi connectivity index (χ4n) is 5.87. The van der Waals surface area contributed by atoms with Crippen molar-refractivity contribution in [1.29, 1.82) is 0 Å². The molecule has 11 nitrogen and oxygen atoms in total. The van der Waals surface area contributed by atoms with Crippen molar-refractivity contribution in [2.45, 2.75) is 83.2 Å². The molecule has 228 valence electrons. The zero-order valence-corrected chi connectivity index (χ0v) is 24.6. The van der Waals surface area contributed by atoms with Gasteiger partial charge >= 0.3 is 0 Å². The first-order chi connectivity index (χ1) is 19.2. The summed E-state index contributed by atoms with van der Waals surface area (Å²) in [6, 6.07) is 3.87. The molecular formula is C30H36ClNO10. The molecule has 0 spiro atoms. The average molecular weight is 606 g/mol. The molecule has 0 radical (unpaired) electrons. The molecule has 6 N–H and O–H groups in total. The third kappa shape index (κ3) is 5.18. The third-order valence-electron chi connectivity index (χ3n) is 8.15. The number of hydrogen-bond acceptors (Lipinski definition) is 11. The second-order valence-corrected chi connectivity index (χ2v) is 11.6. The van der Waals surface area contributed by atoms with E-state index < -0.39 is 82.6 Å². The lowest BCUT2D eigenvalue weighted by atomic mass is 9.72. The number of aliphatic hydroxyl groups is 2. The van der Waals surface area contributed by atoms with Crippen LogP contribution in [-0.4, -0.2) is 74.5 Å². The molecule has 3 aliphatic rings. The monoisotopic (exact) mass is 605 g/mol. The fourth-order valence-corrected chi connectivity index (χ4v) is 5.87. The Morgan fingerprint density at radius 3 is 2.43 bits per heavy atom. The van der Waals surface area contributed by atoms with Crippen LogP contribution in [0, 0.1) is 5.92 Å². The van der Waals surface area contributed by atoms with Crippen LogP contribution in [-0.2, 0) is 20.7 Å². The third-order valence-corrected chi connectivity index (χ3v) is 8.15. The lowest BCUT2D eigenvalue weighted by molar-refractivity contribution is -0.247. The van der Waals surface area contributed by atoms with E-state index >= 15 is 0 Å². The van der Waals surface area contributed by atoms with Gasteiger partial charge in [-0.2, -0.15) is 0 Å². The number of nitrogens with two attached hydrogens (primary N) is 1. The second-order valence-electron chi connectivity index (χ2n) is 11.6. The molecule has 2 aromatic rings. The summed E-state index contributed by atoms with van der Waals surface area (Å²) in [7, 11) is 0. The van der Waals surface area contributed by atoms with Crippen LogP contribution in [0.4, 0.5) is 0 Å². The highest BCUT2D eigenvalue weighted by Crippen LogP contribution is 2.52. The zero-order chi connectivity index (χ0) is 30.0. The van der Waals surface area contributed by atoms with E-state index in [1.165, 1.54) is 13.0 Å². The Balaban J connectivity index is 0.00000405. The maximum absolute atomic E-state index is 13.9. The van der Waals surface area contributed by atoms with E-state index in [9.17, 15) is 34.8 Å². The molecule has 0 saturated carbocycles. The summed E-state index contributed by atoms with van der Waals surface area (Å²) in [6.45, 7) is 6.94. The number of benzene rings is 2. The average Bonchev–Trinajstić information content (AvgIpc) is 2.90.